The first-order chi connectivity index (χ1) is 9.81. The van der Waals surface area contributed by atoms with Gasteiger partial charge in [0.2, 0.25) is 0 Å². The van der Waals surface area contributed by atoms with Crippen LogP contribution in [0.5, 0.6) is 5.75 Å². The molecule has 0 amide bonds. The average molecular weight is 422 g/mol. The van der Waals surface area contributed by atoms with Crippen molar-refractivity contribution in [3.8, 4) is 5.75 Å². The predicted molar refractivity (Wildman–Crippen MR) is 82.0 cm³/mol. The van der Waals surface area contributed by atoms with Crippen molar-refractivity contribution in [2.24, 2.45) is 11.3 Å². The van der Waals surface area contributed by atoms with Crippen LogP contribution in [-0.4, -0.2) is 28.8 Å². The van der Waals surface area contributed by atoms with Gasteiger partial charge in [0.15, 0.2) is 0 Å². The Labute approximate surface area is 138 Å². The maximum absolute atomic E-state index is 12.1. The van der Waals surface area contributed by atoms with Crippen LogP contribution in [0.1, 0.15) is 18.9 Å². The highest BCUT2D eigenvalue weighted by Gasteiger charge is 2.64. The Bertz CT molecular complexity index is 578. The van der Waals surface area contributed by atoms with Gasteiger partial charge in [-0.25, -0.2) is 0 Å². The molecule has 0 heterocycles. The normalized spacial score (nSPS) is 23.7. The summed E-state index contributed by atoms with van der Waals surface area (Å²) in [6.07, 6.45) is 0.539. The van der Waals surface area contributed by atoms with Crippen molar-refractivity contribution in [2.75, 3.05) is 6.61 Å². The minimum absolute atomic E-state index is 0.0644. The Hall–Kier alpha value is -1.08. The highest BCUT2D eigenvalue weighted by atomic mass is 79.9. The molecule has 0 saturated heterocycles. The van der Waals surface area contributed by atoms with E-state index in [2.05, 4.69) is 31.9 Å². The summed E-state index contributed by atoms with van der Waals surface area (Å²) < 4.78 is 6.00. The molecule has 2 atom stereocenters. The van der Waals surface area contributed by atoms with Crippen molar-refractivity contribution in [3.05, 3.63) is 26.6 Å². The van der Waals surface area contributed by atoms with Gasteiger partial charge in [-0.2, -0.15) is 0 Å². The number of rotatable bonds is 5. The number of carbonyl (C=O) groups is 2. The second-order valence-electron chi connectivity index (χ2n) is 5.06. The summed E-state index contributed by atoms with van der Waals surface area (Å²) in [6.45, 7) is 1.91. The molecule has 2 rings (SSSR count). The maximum atomic E-state index is 12.1. The predicted octanol–water partition coefficient (Wildman–Crippen LogP) is 3.11. The molecule has 114 valence electrons. The number of aromatic hydroxyl groups is 1. The van der Waals surface area contributed by atoms with E-state index in [-0.39, 0.29) is 25.2 Å². The molecule has 1 saturated carbocycles. The molecule has 1 aliphatic carbocycles. The standard InChI is InChI=1S/C14H14Br2O5/c1-2-21-13(20)14(6-8(14)12(18)19)5-7-3-9(15)11(17)10(16)4-7/h3-4,8,17H,2,5-6H2,1H3,(H,18,19)/t8-,14+/m1/s1. The fourth-order valence-corrected chi connectivity index (χ4v) is 3.76. The van der Waals surface area contributed by atoms with Crippen molar-refractivity contribution in [1.29, 1.82) is 0 Å². The zero-order valence-corrected chi connectivity index (χ0v) is 14.4. The van der Waals surface area contributed by atoms with Crippen molar-refractivity contribution in [1.82, 2.24) is 0 Å². The number of phenolic OH excluding ortho intramolecular Hbond substituents is 1. The van der Waals surface area contributed by atoms with E-state index in [9.17, 15) is 19.8 Å². The van der Waals surface area contributed by atoms with Gasteiger partial charge in [0.25, 0.3) is 0 Å². The lowest BCUT2D eigenvalue weighted by atomic mass is 9.93. The average Bonchev–Trinajstić information content (AvgIpc) is 3.12. The van der Waals surface area contributed by atoms with E-state index in [0.717, 1.165) is 5.56 Å². The molecular weight excluding hydrogens is 408 g/mol. The number of carbonyl (C=O) groups excluding carboxylic acids is 1. The quantitative estimate of drug-likeness (QED) is 0.713. The third-order valence-electron chi connectivity index (χ3n) is 3.65. The third-order valence-corrected chi connectivity index (χ3v) is 4.86. The Balaban J connectivity index is 2.29. The van der Waals surface area contributed by atoms with Crippen LogP contribution in [-0.2, 0) is 20.7 Å². The van der Waals surface area contributed by atoms with Crippen LogP contribution in [0.3, 0.4) is 0 Å². The second kappa shape index (κ2) is 5.96. The molecular formula is C14H14Br2O5. The van der Waals surface area contributed by atoms with E-state index in [4.69, 9.17) is 4.74 Å². The number of aliphatic carboxylic acids is 1. The van der Waals surface area contributed by atoms with Crippen molar-refractivity contribution in [3.63, 3.8) is 0 Å². The van der Waals surface area contributed by atoms with Gasteiger partial charge >= 0.3 is 11.9 Å². The van der Waals surface area contributed by atoms with Crippen molar-refractivity contribution < 1.29 is 24.5 Å². The van der Waals surface area contributed by atoms with Crippen LogP contribution in [0.25, 0.3) is 0 Å². The van der Waals surface area contributed by atoms with E-state index in [0.29, 0.717) is 8.95 Å². The largest absolute Gasteiger partial charge is 0.506 e. The Morgan fingerprint density at radius 3 is 2.38 bits per heavy atom. The number of benzene rings is 1. The molecule has 1 fully saturated rings. The molecule has 0 spiro atoms. The number of carboxylic acid groups (broad SMARTS) is 1. The summed E-state index contributed by atoms with van der Waals surface area (Å²) in [5.41, 5.74) is -0.249. The number of hydrogen-bond acceptors (Lipinski definition) is 4. The molecule has 21 heavy (non-hydrogen) atoms. The van der Waals surface area contributed by atoms with Crippen LogP contribution in [0, 0.1) is 11.3 Å². The first kappa shape index (κ1) is 16.3. The fourth-order valence-electron chi connectivity index (χ4n) is 2.48. The summed E-state index contributed by atoms with van der Waals surface area (Å²) in [7, 11) is 0. The number of esters is 1. The van der Waals surface area contributed by atoms with Gasteiger partial charge in [0.05, 0.1) is 26.9 Å². The third kappa shape index (κ3) is 3.08. The Kier molecular flexibility index (Phi) is 4.63. The van der Waals surface area contributed by atoms with Gasteiger partial charge < -0.3 is 14.9 Å². The van der Waals surface area contributed by atoms with Crippen LogP contribution in [0.15, 0.2) is 21.1 Å². The summed E-state index contributed by atoms with van der Waals surface area (Å²) in [4.78, 5) is 23.3. The molecule has 7 heteroatoms. The highest BCUT2D eigenvalue weighted by molar-refractivity contribution is 9.11. The Morgan fingerprint density at radius 2 is 1.95 bits per heavy atom. The molecule has 1 aliphatic rings. The monoisotopic (exact) mass is 420 g/mol. The van der Waals surface area contributed by atoms with Crippen LogP contribution >= 0.6 is 31.9 Å². The van der Waals surface area contributed by atoms with E-state index in [1.165, 1.54) is 0 Å². The van der Waals surface area contributed by atoms with Gasteiger partial charge in [-0.3, -0.25) is 9.59 Å². The number of ether oxygens (including phenoxy) is 1. The zero-order valence-electron chi connectivity index (χ0n) is 11.2. The van der Waals surface area contributed by atoms with Crippen molar-refractivity contribution >= 4 is 43.8 Å². The lowest BCUT2D eigenvalue weighted by Crippen LogP contribution is -2.26. The van der Waals surface area contributed by atoms with Gasteiger partial charge in [0.1, 0.15) is 5.75 Å². The lowest BCUT2D eigenvalue weighted by Gasteiger charge is -2.16. The molecule has 1 aromatic carbocycles. The molecule has 0 bridgehead atoms. The summed E-state index contributed by atoms with van der Waals surface area (Å²) in [5, 5.41) is 18.9. The first-order valence-electron chi connectivity index (χ1n) is 6.38. The van der Waals surface area contributed by atoms with E-state index < -0.39 is 23.3 Å². The highest BCUT2D eigenvalue weighted by Crippen LogP contribution is 2.56. The minimum Gasteiger partial charge on any atom is -0.506 e. The SMILES string of the molecule is CCOC(=O)[C@@]1(Cc2cc(Br)c(O)c(Br)c2)C[C@@H]1C(=O)O. The summed E-state index contributed by atoms with van der Waals surface area (Å²) in [5.74, 6) is -2.12. The minimum atomic E-state index is -1.00. The lowest BCUT2D eigenvalue weighted by molar-refractivity contribution is -0.153. The molecule has 0 aliphatic heterocycles. The van der Waals surface area contributed by atoms with Gasteiger partial charge in [-0.15, -0.1) is 0 Å². The molecule has 0 unspecified atom stereocenters. The summed E-state index contributed by atoms with van der Waals surface area (Å²) in [6, 6.07) is 3.36. The van der Waals surface area contributed by atoms with Crippen molar-refractivity contribution in [2.45, 2.75) is 19.8 Å². The molecule has 2 N–H and O–H groups in total. The smallest absolute Gasteiger partial charge is 0.313 e. The van der Waals surface area contributed by atoms with Gasteiger partial charge in [0, 0.05) is 0 Å². The first-order valence-corrected chi connectivity index (χ1v) is 7.97. The fraction of sp³-hybridized carbons (Fsp3) is 0.429. The second-order valence-corrected chi connectivity index (χ2v) is 6.77. The molecule has 1 aromatic rings. The van der Waals surface area contributed by atoms with Gasteiger partial charge in [-0.1, -0.05) is 0 Å². The topological polar surface area (TPSA) is 83.8 Å². The summed E-state index contributed by atoms with van der Waals surface area (Å²) >= 11 is 6.45. The number of halogens is 2. The maximum Gasteiger partial charge on any atom is 0.313 e. The van der Waals surface area contributed by atoms with E-state index in [1.807, 2.05) is 0 Å². The Morgan fingerprint density at radius 1 is 1.38 bits per heavy atom. The number of hydrogen-bond donors (Lipinski definition) is 2. The van der Waals surface area contributed by atoms with Crippen LogP contribution in [0.4, 0.5) is 0 Å². The molecule has 5 nitrogen and oxygen atoms in total. The van der Waals surface area contributed by atoms with Crippen LogP contribution < -0.4 is 0 Å². The van der Waals surface area contributed by atoms with E-state index >= 15 is 0 Å². The number of carboxylic acids is 1. The molecule has 0 radical (unpaired) electrons. The number of phenols is 1. The molecule has 0 aromatic heterocycles. The zero-order chi connectivity index (χ0) is 15.8. The van der Waals surface area contributed by atoms with E-state index in [1.54, 1.807) is 19.1 Å². The van der Waals surface area contributed by atoms with Crippen LogP contribution in [0.2, 0.25) is 0 Å². The van der Waals surface area contributed by atoms with Gasteiger partial charge in [-0.05, 0) is 69.3 Å².